The van der Waals surface area contributed by atoms with E-state index < -0.39 is 0 Å². The lowest BCUT2D eigenvalue weighted by Gasteiger charge is -2.31. The number of nitrogens with two attached hydrogens (primary N) is 1. The molecule has 0 bridgehead atoms. The number of hydrogen-bond acceptors (Lipinski definition) is 5. The third kappa shape index (κ3) is 3.15. The van der Waals surface area contributed by atoms with Crippen LogP contribution in [0.25, 0.3) is 0 Å². The summed E-state index contributed by atoms with van der Waals surface area (Å²) in [5.74, 6) is 2.78. The molecule has 2 fully saturated rings. The van der Waals surface area contributed by atoms with E-state index in [2.05, 4.69) is 26.3 Å². The average Bonchev–Trinajstić information content (AvgIpc) is 2.37. The summed E-state index contributed by atoms with van der Waals surface area (Å²) in [6.07, 6.45) is 8.01. The standard InChI is InChI=1S/C14H23N5/c15-12-5-2-6-19(9-12)14-7-13(17-10-18-14)16-8-11-3-1-4-11/h7,10-12H,1-6,8-9,15H2,(H,16,17,18). The van der Waals surface area contributed by atoms with Gasteiger partial charge in [0.1, 0.15) is 18.0 Å². The van der Waals surface area contributed by atoms with Crippen LogP contribution in [0.15, 0.2) is 12.4 Å². The second-order valence-corrected chi connectivity index (χ2v) is 5.79. The largest absolute Gasteiger partial charge is 0.370 e. The second kappa shape index (κ2) is 5.74. The minimum Gasteiger partial charge on any atom is -0.370 e. The second-order valence-electron chi connectivity index (χ2n) is 5.79. The number of hydrogen-bond donors (Lipinski definition) is 2. The predicted octanol–water partition coefficient (Wildman–Crippen LogP) is 1.62. The fraction of sp³-hybridized carbons (Fsp3) is 0.714. The molecule has 19 heavy (non-hydrogen) atoms. The van der Waals surface area contributed by atoms with Crippen LogP contribution < -0.4 is 16.0 Å². The molecule has 2 heterocycles. The van der Waals surface area contributed by atoms with Crippen LogP contribution in [0.2, 0.25) is 0 Å². The lowest BCUT2D eigenvalue weighted by Crippen LogP contribution is -2.43. The molecule has 1 aliphatic carbocycles. The Morgan fingerprint density at radius 1 is 1.26 bits per heavy atom. The Morgan fingerprint density at radius 3 is 2.89 bits per heavy atom. The first-order valence-corrected chi connectivity index (χ1v) is 7.38. The van der Waals surface area contributed by atoms with Crippen LogP contribution in [-0.4, -0.2) is 35.6 Å². The SMILES string of the molecule is NC1CCCN(c2cc(NCC3CCC3)ncn2)C1. The summed E-state index contributed by atoms with van der Waals surface area (Å²) < 4.78 is 0. The highest BCUT2D eigenvalue weighted by molar-refractivity contribution is 5.48. The zero-order valence-electron chi connectivity index (χ0n) is 11.4. The summed E-state index contributed by atoms with van der Waals surface area (Å²) in [6.45, 7) is 2.99. The van der Waals surface area contributed by atoms with Crippen LogP contribution in [0.1, 0.15) is 32.1 Å². The fourth-order valence-electron chi connectivity index (χ4n) is 2.78. The summed E-state index contributed by atoms with van der Waals surface area (Å²) in [5.41, 5.74) is 6.02. The van der Waals surface area contributed by atoms with Gasteiger partial charge in [0, 0.05) is 31.7 Å². The van der Waals surface area contributed by atoms with E-state index in [0.29, 0.717) is 0 Å². The number of aromatic nitrogens is 2. The van der Waals surface area contributed by atoms with Crippen LogP contribution in [0, 0.1) is 5.92 Å². The van der Waals surface area contributed by atoms with Crippen LogP contribution in [0.4, 0.5) is 11.6 Å². The molecule has 104 valence electrons. The summed E-state index contributed by atoms with van der Waals surface area (Å²) in [6, 6.07) is 2.33. The maximum atomic E-state index is 6.02. The van der Waals surface area contributed by atoms with Gasteiger partial charge in [-0.15, -0.1) is 0 Å². The van der Waals surface area contributed by atoms with Crippen molar-refractivity contribution in [1.29, 1.82) is 0 Å². The fourth-order valence-corrected chi connectivity index (χ4v) is 2.78. The Bertz CT molecular complexity index is 418. The summed E-state index contributed by atoms with van der Waals surface area (Å²) >= 11 is 0. The molecule has 1 unspecified atom stereocenters. The van der Waals surface area contributed by atoms with Gasteiger partial charge >= 0.3 is 0 Å². The monoisotopic (exact) mass is 261 g/mol. The van der Waals surface area contributed by atoms with Crippen molar-refractivity contribution in [3.8, 4) is 0 Å². The molecule has 0 spiro atoms. The van der Waals surface area contributed by atoms with Crippen LogP contribution in [-0.2, 0) is 0 Å². The first-order valence-electron chi connectivity index (χ1n) is 7.38. The molecule has 5 heteroatoms. The topological polar surface area (TPSA) is 67.1 Å². The van der Waals surface area contributed by atoms with Crippen LogP contribution >= 0.6 is 0 Å². The molecule has 2 aliphatic rings. The van der Waals surface area contributed by atoms with E-state index in [0.717, 1.165) is 50.0 Å². The third-order valence-corrected chi connectivity index (χ3v) is 4.23. The van der Waals surface area contributed by atoms with Crippen molar-refractivity contribution in [3.05, 3.63) is 12.4 Å². The highest BCUT2D eigenvalue weighted by Gasteiger charge is 2.19. The minimum absolute atomic E-state index is 0.273. The predicted molar refractivity (Wildman–Crippen MR) is 77.3 cm³/mol. The molecule has 3 rings (SSSR count). The van der Waals surface area contributed by atoms with Gasteiger partial charge in [-0.25, -0.2) is 9.97 Å². The van der Waals surface area contributed by atoms with Crippen LogP contribution in [0.3, 0.4) is 0 Å². The maximum Gasteiger partial charge on any atom is 0.134 e. The molecule has 3 N–H and O–H groups in total. The van der Waals surface area contributed by atoms with Gasteiger partial charge in [-0.2, -0.15) is 0 Å². The van der Waals surface area contributed by atoms with E-state index in [1.54, 1.807) is 6.33 Å². The summed E-state index contributed by atoms with van der Waals surface area (Å²) in [5, 5.41) is 3.43. The van der Waals surface area contributed by atoms with Gasteiger partial charge in [0.15, 0.2) is 0 Å². The van der Waals surface area contributed by atoms with Crippen LogP contribution in [0.5, 0.6) is 0 Å². The Morgan fingerprint density at radius 2 is 2.16 bits per heavy atom. The van der Waals surface area contributed by atoms with Gasteiger partial charge in [0.2, 0.25) is 0 Å². The van der Waals surface area contributed by atoms with E-state index in [1.165, 1.54) is 19.3 Å². The number of nitrogens with one attached hydrogen (secondary N) is 1. The normalized spacial score (nSPS) is 24.1. The molecule has 1 aromatic heterocycles. The quantitative estimate of drug-likeness (QED) is 0.862. The summed E-state index contributed by atoms with van der Waals surface area (Å²) in [7, 11) is 0. The lowest BCUT2D eigenvalue weighted by atomic mass is 9.85. The highest BCUT2D eigenvalue weighted by atomic mass is 15.2. The van der Waals surface area contributed by atoms with E-state index >= 15 is 0 Å². The summed E-state index contributed by atoms with van der Waals surface area (Å²) in [4.78, 5) is 10.9. The Kier molecular flexibility index (Phi) is 3.82. The first kappa shape index (κ1) is 12.7. The highest BCUT2D eigenvalue weighted by Crippen LogP contribution is 2.26. The third-order valence-electron chi connectivity index (χ3n) is 4.23. The van der Waals surface area contributed by atoms with E-state index in [4.69, 9.17) is 5.73 Å². The molecule has 1 aliphatic heterocycles. The minimum atomic E-state index is 0.273. The van der Waals surface area contributed by atoms with Crippen molar-refractivity contribution in [2.24, 2.45) is 11.7 Å². The average molecular weight is 261 g/mol. The van der Waals surface area contributed by atoms with Crippen molar-refractivity contribution in [2.45, 2.75) is 38.1 Å². The van der Waals surface area contributed by atoms with E-state index in [1.807, 2.05) is 0 Å². The van der Waals surface area contributed by atoms with Gasteiger partial charge in [-0.3, -0.25) is 0 Å². The smallest absolute Gasteiger partial charge is 0.134 e. The molecule has 1 atom stereocenters. The van der Waals surface area contributed by atoms with Gasteiger partial charge in [-0.05, 0) is 31.6 Å². The number of anilines is 2. The van der Waals surface area contributed by atoms with Crippen molar-refractivity contribution >= 4 is 11.6 Å². The van der Waals surface area contributed by atoms with Crippen molar-refractivity contribution in [1.82, 2.24) is 9.97 Å². The lowest BCUT2D eigenvalue weighted by molar-refractivity contribution is 0.333. The molecule has 0 amide bonds. The zero-order chi connectivity index (χ0) is 13.1. The van der Waals surface area contributed by atoms with Gasteiger partial charge < -0.3 is 16.0 Å². The Hall–Kier alpha value is -1.36. The Labute approximate surface area is 114 Å². The molecule has 0 aromatic carbocycles. The van der Waals surface area contributed by atoms with Gasteiger partial charge in [-0.1, -0.05) is 6.42 Å². The van der Waals surface area contributed by atoms with Gasteiger partial charge in [0.05, 0.1) is 0 Å². The molecule has 1 saturated heterocycles. The van der Waals surface area contributed by atoms with Crippen molar-refractivity contribution < 1.29 is 0 Å². The molecule has 1 aromatic rings. The molecule has 1 saturated carbocycles. The van der Waals surface area contributed by atoms with Gasteiger partial charge in [0.25, 0.3) is 0 Å². The number of rotatable bonds is 4. The van der Waals surface area contributed by atoms with Crippen molar-refractivity contribution in [2.75, 3.05) is 29.9 Å². The molecular weight excluding hydrogens is 238 g/mol. The van der Waals surface area contributed by atoms with E-state index in [9.17, 15) is 0 Å². The molecule has 5 nitrogen and oxygen atoms in total. The van der Waals surface area contributed by atoms with Crippen molar-refractivity contribution in [3.63, 3.8) is 0 Å². The number of nitrogens with zero attached hydrogens (tertiary/aromatic N) is 3. The number of piperidine rings is 1. The molecule has 0 radical (unpaired) electrons. The van der Waals surface area contributed by atoms with E-state index in [-0.39, 0.29) is 6.04 Å². The maximum absolute atomic E-state index is 6.02. The molecular formula is C14H23N5. The Balaban J connectivity index is 1.61. The first-order chi connectivity index (χ1) is 9.31. The zero-order valence-corrected chi connectivity index (χ0v) is 11.4.